The lowest BCUT2D eigenvalue weighted by atomic mass is 10.2. The first-order valence-electron chi connectivity index (χ1n) is 6.05. The van der Waals surface area contributed by atoms with Crippen molar-refractivity contribution in [3.05, 3.63) is 64.3 Å². The van der Waals surface area contributed by atoms with Crippen molar-refractivity contribution >= 4 is 83.9 Å². The van der Waals surface area contributed by atoms with Crippen LogP contribution in [0.4, 0.5) is 0 Å². The fourth-order valence-electron chi connectivity index (χ4n) is 1.80. The zero-order valence-corrected chi connectivity index (χ0v) is 18.5. The summed E-state index contributed by atoms with van der Waals surface area (Å²) in [4.78, 5) is 12.4. The van der Waals surface area contributed by atoms with Crippen LogP contribution >= 0.6 is 67.8 Å². The predicted molar refractivity (Wildman–Crippen MR) is 109 cm³/mol. The first-order chi connectivity index (χ1) is 10.7. The van der Waals surface area contributed by atoms with Crippen LogP contribution < -0.4 is 0 Å². The molecular formula is C14H8I3O5S-. The molecule has 0 aliphatic heterocycles. The third kappa shape index (κ3) is 4.99. The van der Waals surface area contributed by atoms with Gasteiger partial charge in [0, 0.05) is 16.3 Å². The second kappa shape index (κ2) is 7.93. The van der Waals surface area contributed by atoms with Gasteiger partial charge in [0.2, 0.25) is 5.44 Å². The summed E-state index contributed by atoms with van der Waals surface area (Å²) in [6.45, 7) is 0. The van der Waals surface area contributed by atoms with E-state index < -0.39 is 21.5 Å². The molecule has 0 aliphatic carbocycles. The molecule has 1 unspecified atom stereocenters. The normalized spacial score (nSPS) is 12.7. The van der Waals surface area contributed by atoms with Crippen molar-refractivity contribution in [3.63, 3.8) is 0 Å². The number of halogens is 3. The predicted octanol–water partition coefficient (Wildman–Crippen LogP) is 3.90. The van der Waals surface area contributed by atoms with Crippen LogP contribution in [0.1, 0.15) is 21.4 Å². The molecular weight excluding hydrogens is 661 g/mol. The SMILES string of the molecule is O=C(OC(c1ccccc1)S(=O)(=O)[O-])c1c(I)cc(I)cc1I. The Morgan fingerprint density at radius 1 is 1.04 bits per heavy atom. The highest BCUT2D eigenvalue weighted by atomic mass is 127. The molecule has 0 radical (unpaired) electrons. The van der Waals surface area contributed by atoms with Gasteiger partial charge in [0.25, 0.3) is 0 Å². The van der Waals surface area contributed by atoms with Gasteiger partial charge in [0.1, 0.15) is 10.1 Å². The fraction of sp³-hybridized carbons (Fsp3) is 0.0714. The molecule has 0 spiro atoms. The van der Waals surface area contributed by atoms with E-state index in [2.05, 4.69) is 22.6 Å². The molecule has 9 heteroatoms. The lowest BCUT2D eigenvalue weighted by molar-refractivity contribution is 0.0423. The van der Waals surface area contributed by atoms with Crippen molar-refractivity contribution in [1.82, 2.24) is 0 Å². The van der Waals surface area contributed by atoms with Crippen molar-refractivity contribution in [1.29, 1.82) is 0 Å². The molecule has 122 valence electrons. The van der Waals surface area contributed by atoms with Gasteiger partial charge >= 0.3 is 5.97 Å². The van der Waals surface area contributed by atoms with E-state index in [9.17, 15) is 17.8 Å². The maximum atomic E-state index is 12.4. The van der Waals surface area contributed by atoms with Crippen LogP contribution in [0.15, 0.2) is 42.5 Å². The summed E-state index contributed by atoms with van der Waals surface area (Å²) in [5, 5.41) is 0. The van der Waals surface area contributed by atoms with Gasteiger partial charge in [-0.05, 0) is 79.9 Å². The molecule has 2 aromatic carbocycles. The number of hydrogen-bond acceptors (Lipinski definition) is 5. The second-order valence-electron chi connectivity index (χ2n) is 4.39. The first-order valence-corrected chi connectivity index (χ1v) is 10.8. The van der Waals surface area contributed by atoms with Gasteiger partial charge in [0.05, 0.1) is 5.56 Å². The molecule has 0 bridgehead atoms. The number of ether oxygens (including phenoxy) is 1. The minimum absolute atomic E-state index is 0.117. The maximum absolute atomic E-state index is 12.4. The Hall–Kier alpha value is 0.0100. The van der Waals surface area contributed by atoms with E-state index in [1.807, 2.05) is 45.2 Å². The van der Waals surface area contributed by atoms with Crippen molar-refractivity contribution in [2.24, 2.45) is 0 Å². The fourth-order valence-corrected chi connectivity index (χ4v) is 6.52. The van der Waals surface area contributed by atoms with Crippen molar-refractivity contribution in [3.8, 4) is 0 Å². The molecule has 0 saturated heterocycles. The highest BCUT2D eigenvalue weighted by molar-refractivity contribution is 14.1. The van der Waals surface area contributed by atoms with Crippen LogP contribution in [0.3, 0.4) is 0 Å². The summed E-state index contributed by atoms with van der Waals surface area (Å²) >= 11 is 6.05. The minimum Gasteiger partial charge on any atom is -0.745 e. The topological polar surface area (TPSA) is 83.5 Å². The highest BCUT2D eigenvalue weighted by Crippen LogP contribution is 2.28. The molecule has 1 atom stereocenters. The first kappa shape index (κ1) is 19.3. The summed E-state index contributed by atoms with van der Waals surface area (Å²) in [5.74, 6) is -0.844. The summed E-state index contributed by atoms with van der Waals surface area (Å²) in [7, 11) is -4.85. The Morgan fingerprint density at radius 2 is 1.57 bits per heavy atom. The molecule has 2 rings (SSSR count). The Morgan fingerprint density at radius 3 is 2.04 bits per heavy atom. The Kier molecular flexibility index (Phi) is 6.66. The number of rotatable bonds is 4. The van der Waals surface area contributed by atoms with Crippen molar-refractivity contribution in [2.75, 3.05) is 0 Å². The highest BCUT2D eigenvalue weighted by Gasteiger charge is 2.26. The summed E-state index contributed by atoms with van der Waals surface area (Å²) in [6.07, 6.45) is 0. The molecule has 0 N–H and O–H groups in total. The number of hydrogen-bond donors (Lipinski definition) is 0. The number of esters is 1. The van der Waals surface area contributed by atoms with Crippen LogP contribution in [0.2, 0.25) is 0 Å². The molecule has 2 aromatic rings. The van der Waals surface area contributed by atoms with E-state index in [0.717, 1.165) is 3.57 Å². The summed E-state index contributed by atoms with van der Waals surface area (Å²) < 4.78 is 41.7. The molecule has 0 amide bonds. The Labute approximate surface area is 174 Å². The number of carbonyl (C=O) groups is 1. The van der Waals surface area contributed by atoms with Crippen LogP contribution in [-0.2, 0) is 14.9 Å². The standard InChI is InChI=1S/C14H9I3O5S/c15-9-6-10(16)12(11(17)7-9)13(18)22-14(23(19,20)21)8-4-2-1-3-5-8/h1-7,14H,(H,19,20,21)/p-1. The molecule has 0 heterocycles. The van der Waals surface area contributed by atoms with E-state index in [0.29, 0.717) is 7.14 Å². The van der Waals surface area contributed by atoms with E-state index in [1.165, 1.54) is 12.1 Å². The molecule has 0 aliphatic rings. The molecule has 0 fully saturated rings. The average Bonchev–Trinajstić information content (AvgIpc) is 2.43. The molecule has 0 saturated carbocycles. The van der Waals surface area contributed by atoms with Crippen LogP contribution in [0.5, 0.6) is 0 Å². The minimum atomic E-state index is -4.85. The van der Waals surface area contributed by atoms with Crippen molar-refractivity contribution in [2.45, 2.75) is 5.44 Å². The zero-order valence-electron chi connectivity index (χ0n) is 11.2. The van der Waals surface area contributed by atoms with E-state index >= 15 is 0 Å². The third-order valence-electron chi connectivity index (χ3n) is 2.76. The van der Waals surface area contributed by atoms with Gasteiger partial charge < -0.3 is 9.29 Å². The number of carbonyl (C=O) groups excluding carboxylic acids is 1. The maximum Gasteiger partial charge on any atom is 0.341 e. The lowest BCUT2D eigenvalue weighted by Gasteiger charge is -2.22. The average molecular weight is 669 g/mol. The lowest BCUT2D eigenvalue weighted by Crippen LogP contribution is -2.21. The zero-order chi connectivity index (χ0) is 17.2. The van der Waals surface area contributed by atoms with Gasteiger partial charge in [0.15, 0.2) is 0 Å². The summed E-state index contributed by atoms with van der Waals surface area (Å²) in [6, 6.07) is 11.2. The quantitative estimate of drug-likeness (QED) is 0.281. The van der Waals surface area contributed by atoms with Gasteiger partial charge in [-0.25, -0.2) is 13.2 Å². The van der Waals surface area contributed by atoms with Crippen LogP contribution in [-0.4, -0.2) is 18.9 Å². The summed E-state index contributed by atoms with van der Waals surface area (Å²) in [5.41, 5.74) is -1.51. The largest absolute Gasteiger partial charge is 0.745 e. The smallest absolute Gasteiger partial charge is 0.341 e. The Balaban J connectivity index is 2.40. The van der Waals surface area contributed by atoms with Crippen molar-refractivity contribution < 1.29 is 22.5 Å². The van der Waals surface area contributed by atoms with E-state index in [1.54, 1.807) is 30.3 Å². The van der Waals surface area contributed by atoms with E-state index in [4.69, 9.17) is 4.74 Å². The molecule has 0 aromatic heterocycles. The van der Waals surface area contributed by atoms with Gasteiger partial charge in [-0.1, -0.05) is 30.3 Å². The third-order valence-corrected chi connectivity index (χ3v) is 5.98. The van der Waals surface area contributed by atoms with E-state index in [-0.39, 0.29) is 11.1 Å². The van der Waals surface area contributed by atoms with Gasteiger partial charge in [-0.3, -0.25) is 0 Å². The Bertz CT molecular complexity index is 814. The van der Waals surface area contributed by atoms with Crippen LogP contribution in [0, 0.1) is 10.7 Å². The van der Waals surface area contributed by atoms with Gasteiger partial charge in [-0.15, -0.1) is 0 Å². The number of benzene rings is 2. The molecule has 23 heavy (non-hydrogen) atoms. The van der Waals surface area contributed by atoms with Gasteiger partial charge in [-0.2, -0.15) is 0 Å². The monoisotopic (exact) mass is 669 g/mol. The molecule has 5 nitrogen and oxygen atoms in total. The van der Waals surface area contributed by atoms with Crippen LogP contribution in [0.25, 0.3) is 0 Å². The second-order valence-corrected chi connectivity index (χ2v) is 9.37.